The molecule has 0 radical (unpaired) electrons. The Balaban J connectivity index is 2.04. The van der Waals surface area contributed by atoms with E-state index in [2.05, 4.69) is 22.5 Å². The third-order valence-corrected chi connectivity index (χ3v) is 4.32. The third-order valence-electron chi connectivity index (χ3n) is 4.32. The molecule has 17 heavy (non-hydrogen) atoms. The van der Waals surface area contributed by atoms with Crippen molar-refractivity contribution in [2.75, 3.05) is 39.3 Å². The summed E-state index contributed by atoms with van der Waals surface area (Å²) >= 11 is 0. The van der Waals surface area contributed by atoms with Crippen LogP contribution in [0.1, 0.15) is 32.6 Å². The Hall–Kier alpha value is -0.610. The predicted octanol–water partition coefficient (Wildman–Crippen LogP) is 0.588. The molecule has 2 aliphatic rings. The van der Waals surface area contributed by atoms with E-state index in [9.17, 15) is 4.79 Å². The van der Waals surface area contributed by atoms with Gasteiger partial charge in [0.05, 0.1) is 5.41 Å². The number of nitrogens with one attached hydrogen (secondary N) is 2. The number of hydrogen-bond acceptors (Lipinski definition) is 3. The molecular weight excluding hydrogens is 214 g/mol. The Labute approximate surface area is 104 Å². The smallest absolute Gasteiger partial charge is 0.228 e. The summed E-state index contributed by atoms with van der Waals surface area (Å²) in [6.07, 6.45) is 4.08. The molecule has 0 saturated carbocycles. The van der Waals surface area contributed by atoms with Gasteiger partial charge in [-0.2, -0.15) is 0 Å². The van der Waals surface area contributed by atoms with Crippen molar-refractivity contribution in [3.05, 3.63) is 0 Å². The van der Waals surface area contributed by atoms with Crippen LogP contribution in [0.3, 0.4) is 0 Å². The number of piperidine rings is 1. The van der Waals surface area contributed by atoms with Gasteiger partial charge in [0.1, 0.15) is 0 Å². The van der Waals surface area contributed by atoms with Crippen molar-refractivity contribution in [1.29, 1.82) is 0 Å². The van der Waals surface area contributed by atoms with Gasteiger partial charge >= 0.3 is 0 Å². The zero-order valence-corrected chi connectivity index (χ0v) is 10.9. The Bertz CT molecular complexity index is 253. The van der Waals surface area contributed by atoms with E-state index >= 15 is 0 Å². The standard InChI is InChI=1S/C13H25N3O/c1-2-13(4-7-15-8-5-13)12(17)16-10-3-6-14-9-11-16/h14-15H,2-11H2,1H3. The average molecular weight is 239 g/mol. The van der Waals surface area contributed by atoms with Crippen LogP contribution in [0, 0.1) is 5.41 Å². The lowest BCUT2D eigenvalue weighted by Crippen LogP contribution is -2.49. The second kappa shape index (κ2) is 5.83. The summed E-state index contributed by atoms with van der Waals surface area (Å²) in [6.45, 7) is 7.96. The first-order chi connectivity index (χ1) is 8.28. The second-order valence-corrected chi connectivity index (χ2v) is 5.28. The fraction of sp³-hybridized carbons (Fsp3) is 0.923. The molecule has 2 fully saturated rings. The zero-order chi connectivity index (χ0) is 12.1. The minimum Gasteiger partial charge on any atom is -0.341 e. The minimum absolute atomic E-state index is 0.0738. The van der Waals surface area contributed by atoms with Gasteiger partial charge in [0.15, 0.2) is 0 Å². The lowest BCUT2D eigenvalue weighted by molar-refractivity contribution is -0.144. The van der Waals surface area contributed by atoms with Gasteiger partial charge in [-0.25, -0.2) is 0 Å². The summed E-state index contributed by atoms with van der Waals surface area (Å²) < 4.78 is 0. The predicted molar refractivity (Wildman–Crippen MR) is 68.9 cm³/mol. The van der Waals surface area contributed by atoms with Gasteiger partial charge in [-0.1, -0.05) is 6.92 Å². The van der Waals surface area contributed by atoms with Crippen molar-refractivity contribution in [3.63, 3.8) is 0 Å². The molecule has 0 aliphatic carbocycles. The summed E-state index contributed by atoms with van der Waals surface area (Å²) in [7, 11) is 0. The van der Waals surface area contributed by atoms with Gasteiger partial charge in [-0.3, -0.25) is 4.79 Å². The molecule has 2 N–H and O–H groups in total. The number of rotatable bonds is 2. The van der Waals surface area contributed by atoms with Crippen molar-refractivity contribution in [2.24, 2.45) is 5.41 Å². The van der Waals surface area contributed by atoms with Crippen LogP contribution in [0.2, 0.25) is 0 Å². The molecule has 0 bridgehead atoms. The zero-order valence-electron chi connectivity index (χ0n) is 10.9. The Morgan fingerprint density at radius 1 is 1.12 bits per heavy atom. The molecule has 4 heteroatoms. The molecule has 98 valence electrons. The van der Waals surface area contributed by atoms with Crippen molar-refractivity contribution >= 4 is 5.91 Å². The van der Waals surface area contributed by atoms with Gasteiger partial charge in [0.25, 0.3) is 0 Å². The molecule has 0 aromatic heterocycles. The highest BCUT2D eigenvalue weighted by molar-refractivity contribution is 5.83. The summed E-state index contributed by atoms with van der Waals surface area (Å²) in [5, 5.41) is 6.72. The number of amides is 1. The molecule has 0 aromatic carbocycles. The maximum Gasteiger partial charge on any atom is 0.228 e. The van der Waals surface area contributed by atoms with Crippen LogP contribution < -0.4 is 10.6 Å². The lowest BCUT2D eigenvalue weighted by atomic mass is 9.75. The largest absolute Gasteiger partial charge is 0.341 e. The van der Waals surface area contributed by atoms with Crippen LogP contribution in [-0.2, 0) is 4.79 Å². The van der Waals surface area contributed by atoms with Gasteiger partial charge in [-0.15, -0.1) is 0 Å². The molecule has 4 nitrogen and oxygen atoms in total. The Kier molecular flexibility index (Phi) is 4.40. The van der Waals surface area contributed by atoms with Crippen molar-refractivity contribution in [1.82, 2.24) is 15.5 Å². The summed E-state index contributed by atoms with van der Waals surface area (Å²) in [6, 6.07) is 0. The first-order valence-electron chi connectivity index (χ1n) is 6.99. The quantitative estimate of drug-likeness (QED) is 0.741. The van der Waals surface area contributed by atoms with Crippen LogP contribution in [-0.4, -0.2) is 50.1 Å². The molecule has 1 amide bonds. The van der Waals surface area contributed by atoms with Crippen molar-refractivity contribution in [3.8, 4) is 0 Å². The first kappa shape index (κ1) is 12.8. The van der Waals surface area contributed by atoms with E-state index in [1.807, 2.05) is 0 Å². The maximum absolute atomic E-state index is 12.7. The highest BCUT2D eigenvalue weighted by Gasteiger charge is 2.40. The Morgan fingerprint density at radius 3 is 2.53 bits per heavy atom. The molecular formula is C13H25N3O. The van der Waals surface area contributed by atoms with Gasteiger partial charge in [0, 0.05) is 19.6 Å². The third kappa shape index (κ3) is 2.80. The molecule has 2 aliphatic heterocycles. The van der Waals surface area contributed by atoms with Gasteiger partial charge < -0.3 is 15.5 Å². The van der Waals surface area contributed by atoms with E-state index in [1.165, 1.54) is 0 Å². The highest BCUT2D eigenvalue weighted by atomic mass is 16.2. The van der Waals surface area contributed by atoms with E-state index in [0.717, 1.165) is 65.0 Å². The van der Waals surface area contributed by atoms with Gasteiger partial charge in [0.2, 0.25) is 5.91 Å². The number of hydrogen-bond donors (Lipinski definition) is 2. The molecule has 0 atom stereocenters. The van der Waals surface area contributed by atoms with Gasteiger partial charge in [-0.05, 0) is 45.3 Å². The fourth-order valence-electron chi connectivity index (χ4n) is 3.01. The lowest BCUT2D eigenvalue weighted by Gasteiger charge is -2.39. The van der Waals surface area contributed by atoms with Crippen molar-refractivity contribution < 1.29 is 4.79 Å². The molecule has 0 aromatic rings. The van der Waals surface area contributed by atoms with E-state index in [1.54, 1.807) is 0 Å². The highest BCUT2D eigenvalue weighted by Crippen LogP contribution is 2.34. The van der Waals surface area contributed by atoms with Crippen LogP contribution in [0.15, 0.2) is 0 Å². The van der Waals surface area contributed by atoms with E-state index in [-0.39, 0.29) is 5.41 Å². The minimum atomic E-state index is -0.0738. The maximum atomic E-state index is 12.7. The summed E-state index contributed by atoms with van der Waals surface area (Å²) in [4.78, 5) is 14.8. The fourth-order valence-corrected chi connectivity index (χ4v) is 3.01. The van der Waals surface area contributed by atoms with Crippen molar-refractivity contribution in [2.45, 2.75) is 32.6 Å². The van der Waals surface area contributed by atoms with Crippen LogP contribution in [0.5, 0.6) is 0 Å². The summed E-state index contributed by atoms with van der Waals surface area (Å²) in [5.41, 5.74) is -0.0738. The second-order valence-electron chi connectivity index (χ2n) is 5.28. The van der Waals surface area contributed by atoms with Crippen LogP contribution >= 0.6 is 0 Å². The van der Waals surface area contributed by atoms with E-state index < -0.39 is 0 Å². The molecule has 2 saturated heterocycles. The Morgan fingerprint density at radius 2 is 1.82 bits per heavy atom. The SMILES string of the molecule is CCC1(C(=O)N2CCCNCC2)CCNCC1. The van der Waals surface area contributed by atoms with E-state index in [4.69, 9.17) is 0 Å². The van der Waals surface area contributed by atoms with E-state index in [0.29, 0.717) is 5.91 Å². The van der Waals surface area contributed by atoms with Crippen LogP contribution in [0.4, 0.5) is 0 Å². The normalized spacial score (nSPS) is 25.4. The molecule has 2 heterocycles. The number of carbonyl (C=O) groups excluding carboxylic acids is 1. The monoisotopic (exact) mass is 239 g/mol. The molecule has 0 unspecified atom stereocenters. The number of nitrogens with zero attached hydrogens (tertiary/aromatic N) is 1. The molecule has 2 rings (SSSR count). The average Bonchev–Trinajstić information content (AvgIpc) is 2.67. The summed E-state index contributed by atoms with van der Waals surface area (Å²) in [5.74, 6) is 0.408. The number of carbonyl (C=O) groups is 1. The molecule has 0 spiro atoms. The first-order valence-corrected chi connectivity index (χ1v) is 6.99. The van der Waals surface area contributed by atoms with Crippen LogP contribution in [0.25, 0.3) is 0 Å². The topological polar surface area (TPSA) is 44.4 Å².